The largest absolute Gasteiger partial charge is 0.497 e. The summed E-state index contributed by atoms with van der Waals surface area (Å²) in [6.45, 7) is 22.4. The third-order valence-electron chi connectivity index (χ3n) is 6.69. The first-order valence-electron chi connectivity index (χ1n) is 12.7. The van der Waals surface area contributed by atoms with Gasteiger partial charge in [-0.15, -0.1) is 6.58 Å². The van der Waals surface area contributed by atoms with Crippen molar-refractivity contribution >= 4 is 0 Å². The van der Waals surface area contributed by atoms with Gasteiger partial charge >= 0.3 is 0 Å². The average Bonchev–Trinajstić information content (AvgIpc) is 2.83. The van der Waals surface area contributed by atoms with Crippen molar-refractivity contribution in [1.29, 1.82) is 0 Å². The van der Waals surface area contributed by atoms with Crippen molar-refractivity contribution in [2.24, 2.45) is 17.8 Å². The summed E-state index contributed by atoms with van der Waals surface area (Å²) in [4.78, 5) is 2.68. The van der Waals surface area contributed by atoms with Crippen molar-refractivity contribution in [1.82, 2.24) is 10.2 Å². The maximum atomic E-state index is 4.97. The van der Waals surface area contributed by atoms with E-state index in [0.717, 1.165) is 23.5 Å². The normalized spacial score (nSPS) is 24.0. The van der Waals surface area contributed by atoms with Crippen LogP contribution in [0.4, 0.5) is 0 Å². The van der Waals surface area contributed by atoms with Gasteiger partial charge in [0.2, 0.25) is 0 Å². The maximum absolute atomic E-state index is 4.97. The highest BCUT2D eigenvalue weighted by molar-refractivity contribution is 5.43. The maximum Gasteiger partial charge on any atom is 0.118 e. The molecule has 2 aliphatic heterocycles. The second kappa shape index (κ2) is 13.4. The minimum Gasteiger partial charge on any atom is -0.497 e. The molecule has 3 unspecified atom stereocenters. The number of hydrogen-bond donors (Lipinski definition) is 1. The third-order valence-corrected chi connectivity index (χ3v) is 6.69. The van der Waals surface area contributed by atoms with Gasteiger partial charge in [0.05, 0.1) is 13.2 Å². The SMILES string of the molecule is C=CC1=CC2=C(CC3CCN(CC(C)C)CC3C2)NC1C=C.CC.COc1ccc(C)cc1. The molecule has 3 heteroatoms. The summed E-state index contributed by atoms with van der Waals surface area (Å²) in [5.41, 5.74) is 5.51. The van der Waals surface area contributed by atoms with Crippen molar-refractivity contribution in [3.05, 3.63) is 78.1 Å². The molecule has 33 heavy (non-hydrogen) atoms. The minimum atomic E-state index is 0.244. The van der Waals surface area contributed by atoms with Crippen LogP contribution in [0.15, 0.2) is 72.5 Å². The molecule has 3 aliphatic rings. The first-order chi connectivity index (χ1) is 15.9. The van der Waals surface area contributed by atoms with Gasteiger partial charge < -0.3 is 15.0 Å². The van der Waals surface area contributed by atoms with Gasteiger partial charge in [-0.3, -0.25) is 0 Å². The summed E-state index contributed by atoms with van der Waals surface area (Å²) >= 11 is 0. The molecule has 0 aromatic heterocycles. The highest BCUT2D eigenvalue weighted by Gasteiger charge is 2.36. The van der Waals surface area contributed by atoms with Crippen molar-refractivity contribution in [3.8, 4) is 5.75 Å². The molecule has 0 amide bonds. The number of aryl methyl sites for hydroxylation is 1. The van der Waals surface area contributed by atoms with Gasteiger partial charge in [0.1, 0.15) is 5.75 Å². The summed E-state index contributed by atoms with van der Waals surface area (Å²) < 4.78 is 4.97. The van der Waals surface area contributed by atoms with E-state index in [-0.39, 0.29) is 6.04 Å². The van der Waals surface area contributed by atoms with E-state index >= 15 is 0 Å². The highest BCUT2D eigenvalue weighted by Crippen LogP contribution is 2.41. The van der Waals surface area contributed by atoms with E-state index in [1.807, 2.05) is 50.3 Å². The summed E-state index contributed by atoms with van der Waals surface area (Å²) in [5.74, 6) is 3.38. The number of dihydropyridines is 1. The number of ether oxygens (including phenoxy) is 1. The van der Waals surface area contributed by atoms with Crippen LogP contribution in [0.1, 0.15) is 52.5 Å². The molecule has 0 spiro atoms. The molecule has 4 rings (SSSR count). The number of allylic oxidation sites excluding steroid dienone is 3. The number of benzene rings is 1. The van der Waals surface area contributed by atoms with Gasteiger partial charge in [-0.2, -0.15) is 0 Å². The Kier molecular flexibility index (Phi) is 11.0. The van der Waals surface area contributed by atoms with Crippen LogP contribution in [0.25, 0.3) is 0 Å². The molecule has 1 N–H and O–H groups in total. The molecule has 3 atom stereocenters. The Morgan fingerprint density at radius 2 is 1.82 bits per heavy atom. The number of methoxy groups -OCH3 is 1. The van der Waals surface area contributed by atoms with Crippen LogP contribution in [0.3, 0.4) is 0 Å². The summed E-state index contributed by atoms with van der Waals surface area (Å²) in [6.07, 6.45) is 10.1. The molecule has 182 valence electrons. The first-order valence-corrected chi connectivity index (χ1v) is 12.7. The van der Waals surface area contributed by atoms with Crippen LogP contribution in [-0.2, 0) is 0 Å². The van der Waals surface area contributed by atoms with Crippen molar-refractivity contribution < 1.29 is 4.74 Å². The van der Waals surface area contributed by atoms with E-state index in [0.29, 0.717) is 0 Å². The molecule has 1 aromatic carbocycles. The predicted octanol–water partition coefficient (Wildman–Crippen LogP) is 6.93. The van der Waals surface area contributed by atoms with E-state index in [1.54, 1.807) is 7.11 Å². The highest BCUT2D eigenvalue weighted by atomic mass is 16.5. The molecule has 1 aromatic rings. The Balaban J connectivity index is 0.000000293. The Hall–Kier alpha value is -2.26. The minimum absolute atomic E-state index is 0.244. The summed E-state index contributed by atoms with van der Waals surface area (Å²) in [5, 5.41) is 3.69. The standard InChI is InChI=1S/C20H30N2.C8H10O.C2H6/c1-5-15-9-17-10-18-13-22(12-14(3)4)8-7-16(18)11-20(17)21-19(15)6-2;1-7-3-5-8(9-2)6-4-7;1-2/h5-6,9,14,16,18-19,21H,1-2,7-8,10-13H2,3-4H3;3-6H,1-2H3;1-2H3. The Morgan fingerprint density at radius 3 is 2.39 bits per heavy atom. The zero-order valence-electron chi connectivity index (χ0n) is 21.9. The fourth-order valence-electron chi connectivity index (χ4n) is 5.05. The third kappa shape index (κ3) is 7.64. The lowest BCUT2D eigenvalue weighted by Gasteiger charge is -2.44. The summed E-state index contributed by atoms with van der Waals surface area (Å²) in [7, 11) is 1.67. The van der Waals surface area contributed by atoms with Crippen LogP contribution < -0.4 is 10.1 Å². The Bertz CT molecular complexity index is 818. The van der Waals surface area contributed by atoms with Crippen LogP contribution >= 0.6 is 0 Å². The van der Waals surface area contributed by atoms with Gasteiger partial charge in [-0.25, -0.2) is 0 Å². The van der Waals surface area contributed by atoms with Gasteiger partial charge in [0.15, 0.2) is 0 Å². The number of likely N-dealkylation sites (tertiary alicyclic amines) is 1. The van der Waals surface area contributed by atoms with Crippen LogP contribution in [-0.4, -0.2) is 37.7 Å². The molecule has 0 saturated carbocycles. The molecule has 0 bridgehead atoms. The van der Waals surface area contributed by atoms with Gasteiger partial charge in [0, 0.05) is 18.8 Å². The van der Waals surface area contributed by atoms with E-state index in [1.165, 1.54) is 61.3 Å². The quantitative estimate of drug-likeness (QED) is 0.492. The molecular formula is C30H46N2O. The topological polar surface area (TPSA) is 24.5 Å². The lowest BCUT2D eigenvalue weighted by Crippen LogP contribution is -2.45. The molecular weight excluding hydrogens is 404 g/mol. The predicted molar refractivity (Wildman–Crippen MR) is 144 cm³/mol. The fraction of sp³-hybridized carbons (Fsp3) is 0.533. The van der Waals surface area contributed by atoms with Gasteiger partial charge in [0.25, 0.3) is 0 Å². The monoisotopic (exact) mass is 450 g/mol. The van der Waals surface area contributed by atoms with E-state index in [9.17, 15) is 0 Å². The Morgan fingerprint density at radius 1 is 1.12 bits per heavy atom. The lowest BCUT2D eigenvalue weighted by molar-refractivity contribution is 0.101. The number of nitrogens with zero attached hydrogens (tertiary/aromatic N) is 1. The molecule has 3 nitrogen and oxygen atoms in total. The van der Waals surface area contributed by atoms with Crippen molar-refractivity contribution in [2.45, 2.75) is 59.9 Å². The van der Waals surface area contributed by atoms with E-state index < -0.39 is 0 Å². The van der Waals surface area contributed by atoms with Crippen molar-refractivity contribution in [3.63, 3.8) is 0 Å². The fourth-order valence-corrected chi connectivity index (χ4v) is 5.05. The Labute approximate surface area is 203 Å². The average molecular weight is 451 g/mol. The second-order valence-corrected chi connectivity index (χ2v) is 9.60. The molecule has 1 fully saturated rings. The molecule has 1 aliphatic carbocycles. The van der Waals surface area contributed by atoms with Crippen LogP contribution in [0, 0.1) is 24.7 Å². The van der Waals surface area contributed by atoms with Gasteiger partial charge in [-0.1, -0.05) is 70.2 Å². The lowest BCUT2D eigenvalue weighted by atomic mass is 9.72. The van der Waals surface area contributed by atoms with E-state index in [4.69, 9.17) is 4.74 Å². The smallest absolute Gasteiger partial charge is 0.118 e. The van der Waals surface area contributed by atoms with Crippen LogP contribution in [0.2, 0.25) is 0 Å². The zero-order valence-corrected chi connectivity index (χ0v) is 21.9. The zero-order chi connectivity index (χ0) is 24.4. The summed E-state index contributed by atoms with van der Waals surface area (Å²) in [6, 6.07) is 8.20. The number of piperidine rings is 1. The van der Waals surface area contributed by atoms with Crippen LogP contribution in [0.5, 0.6) is 5.75 Å². The van der Waals surface area contributed by atoms with Gasteiger partial charge in [-0.05, 0) is 73.8 Å². The number of fused-ring (bicyclic) bond motifs is 1. The molecule has 1 saturated heterocycles. The number of hydrogen-bond acceptors (Lipinski definition) is 3. The number of nitrogens with one attached hydrogen (secondary N) is 1. The first kappa shape index (κ1) is 27.0. The van der Waals surface area contributed by atoms with E-state index in [2.05, 4.69) is 50.2 Å². The molecule has 2 heterocycles. The second-order valence-electron chi connectivity index (χ2n) is 9.60. The number of rotatable bonds is 5. The van der Waals surface area contributed by atoms with Crippen molar-refractivity contribution in [2.75, 3.05) is 26.7 Å². The molecule has 0 radical (unpaired) electrons.